The first-order valence-electron chi connectivity index (χ1n) is 6.90. The van der Waals surface area contributed by atoms with Crippen LogP contribution in [0.3, 0.4) is 0 Å². The molecule has 1 heterocycles. The van der Waals surface area contributed by atoms with Crippen LogP contribution >= 0.6 is 0 Å². The van der Waals surface area contributed by atoms with Gasteiger partial charge in [0.2, 0.25) is 0 Å². The summed E-state index contributed by atoms with van der Waals surface area (Å²) >= 11 is 0. The molecule has 0 amide bonds. The van der Waals surface area contributed by atoms with Gasteiger partial charge in [-0.25, -0.2) is 4.39 Å². The number of benzene rings is 1. The lowest BCUT2D eigenvalue weighted by molar-refractivity contribution is 0.134. The number of aryl methyl sites for hydroxylation is 1. The Kier molecular flexibility index (Phi) is 4.72. The number of hydrogen-bond acceptors (Lipinski definition) is 2. The van der Waals surface area contributed by atoms with Crippen LogP contribution in [0.1, 0.15) is 36.8 Å². The van der Waals surface area contributed by atoms with Crippen molar-refractivity contribution in [3.05, 3.63) is 35.1 Å². The summed E-state index contributed by atoms with van der Waals surface area (Å²) in [6.45, 7) is 4.81. The Labute approximate surface area is 109 Å². The molecule has 0 spiro atoms. The molecule has 0 aromatic heterocycles. The van der Waals surface area contributed by atoms with Crippen LogP contribution in [-0.2, 0) is 6.54 Å². The third-order valence-electron chi connectivity index (χ3n) is 3.93. The van der Waals surface area contributed by atoms with Gasteiger partial charge in [0.05, 0.1) is 0 Å². The molecule has 1 atom stereocenters. The summed E-state index contributed by atoms with van der Waals surface area (Å²) in [5.74, 6) is -0.145. The lowest BCUT2D eigenvalue weighted by Crippen LogP contribution is -2.40. The van der Waals surface area contributed by atoms with E-state index in [9.17, 15) is 4.39 Å². The Morgan fingerprint density at radius 1 is 1.39 bits per heavy atom. The van der Waals surface area contributed by atoms with Crippen LogP contribution in [0.2, 0.25) is 0 Å². The van der Waals surface area contributed by atoms with Crippen molar-refractivity contribution in [1.82, 2.24) is 4.90 Å². The topological polar surface area (TPSA) is 29.3 Å². The summed E-state index contributed by atoms with van der Waals surface area (Å²) in [5, 5.41) is 0. The highest BCUT2D eigenvalue weighted by molar-refractivity contribution is 5.26. The molecule has 2 rings (SSSR count). The van der Waals surface area contributed by atoms with Crippen molar-refractivity contribution in [2.45, 2.75) is 45.2 Å². The highest BCUT2D eigenvalue weighted by Crippen LogP contribution is 2.23. The fourth-order valence-electron chi connectivity index (χ4n) is 2.84. The van der Waals surface area contributed by atoms with Gasteiger partial charge in [-0.05, 0) is 62.5 Å². The highest BCUT2D eigenvalue weighted by atomic mass is 19.1. The van der Waals surface area contributed by atoms with Crippen LogP contribution in [-0.4, -0.2) is 24.0 Å². The molecule has 0 bridgehead atoms. The van der Waals surface area contributed by atoms with E-state index < -0.39 is 0 Å². The van der Waals surface area contributed by atoms with E-state index in [1.807, 2.05) is 13.0 Å². The number of hydrogen-bond donors (Lipinski definition) is 1. The summed E-state index contributed by atoms with van der Waals surface area (Å²) in [5.41, 5.74) is 7.97. The van der Waals surface area contributed by atoms with Gasteiger partial charge in [-0.15, -0.1) is 0 Å². The molecular formula is C15H23FN2. The minimum atomic E-state index is -0.145. The summed E-state index contributed by atoms with van der Waals surface area (Å²) in [4.78, 5) is 2.51. The molecule has 2 nitrogen and oxygen atoms in total. The molecule has 18 heavy (non-hydrogen) atoms. The summed E-state index contributed by atoms with van der Waals surface area (Å²) < 4.78 is 13.1. The third kappa shape index (κ3) is 3.30. The number of rotatable bonds is 4. The van der Waals surface area contributed by atoms with Gasteiger partial charge in [-0.2, -0.15) is 0 Å². The SMILES string of the molecule is Cc1cc(F)ccc1CN1CCCCC1CCN. The highest BCUT2D eigenvalue weighted by Gasteiger charge is 2.21. The zero-order valence-electron chi connectivity index (χ0n) is 11.2. The minimum Gasteiger partial charge on any atom is -0.330 e. The quantitative estimate of drug-likeness (QED) is 0.890. The Hall–Kier alpha value is -0.930. The largest absolute Gasteiger partial charge is 0.330 e. The van der Waals surface area contributed by atoms with Gasteiger partial charge in [0.15, 0.2) is 0 Å². The molecular weight excluding hydrogens is 227 g/mol. The van der Waals surface area contributed by atoms with E-state index in [1.54, 1.807) is 12.1 Å². The van der Waals surface area contributed by atoms with E-state index in [2.05, 4.69) is 4.90 Å². The molecule has 0 aliphatic carbocycles. The number of likely N-dealkylation sites (tertiary alicyclic amines) is 1. The maximum Gasteiger partial charge on any atom is 0.123 e. The molecule has 1 aromatic carbocycles. The van der Waals surface area contributed by atoms with Gasteiger partial charge < -0.3 is 5.73 Å². The van der Waals surface area contributed by atoms with Gasteiger partial charge in [-0.1, -0.05) is 12.5 Å². The van der Waals surface area contributed by atoms with E-state index in [0.29, 0.717) is 6.04 Å². The lowest BCUT2D eigenvalue weighted by atomic mass is 9.97. The van der Waals surface area contributed by atoms with Crippen molar-refractivity contribution in [1.29, 1.82) is 0 Å². The fraction of sp³-hybridized carbons (Fsp3) is 0.600. The van der Waals surface area contributed by atoms with Crippen molar-refractivity contribution >= 4 is 0 Å². The van der Waals surface area contributed by atoms with Crippen LogP contribution in [0.5, 0.6) is 0 Å². The first kappa shape index (κ1) is 13.5. The van der Waals surface area contributed by atoms with Gasteiger partial charge in [0.1, 0.15) is 5.82 Å². The van der Waals surface area contributed by atoms with Crippen molar-refractivity contribution in [2.24, 2.45) is 5.73 Å². The van der Waals surface area contributed by atoms with Crippen molar-refractivity contribution < 1.29 is 4.39 Å². The predicted molar refractivity (Wildman–Crippen MR) is 72.9 cm³/mol. The lowest BCUT2D eigenvalue weighted by Gasteiger charge is -2.36. The number of piperidine rings is 1. The van der Waals surface area contributed by atoms with Crippen molar-refractivity contribution in [2.75, 3.05) is 13.1 Å². The number of halogens is 1. The average molecular weight is 250 g/mol. The van der Waals surface area contributed by atoms with Crippen LogP contribution in [0.15, 0.2) is 18.2 Å². The second-order valence-electron chi connectivity index (χ2n) is 5.27. The maximum atomic E-state index is 13.1. The van der Waals surface area contributed by atoms with Gasteiger partial charge in [-0.3, -0.25) is 4.90 Å². The molecule has 0 radical (unpaired) electrons. The smallest absolute Gasteiger partial charge is 0.123 e. The molecule has 2 N–H and O–H groups in total. The molecule has 1 aliphatic heterocycles. The number of nitrogens with two attached hydrogens (primary N) is 1. The summed E-state index contributed by atoms with van der Waals surface area (Å²) in [6, 6.07) is 5.70. The fourth-order valence-corrected chi connectivity index (χ4v) is 2.84. The normalized spacial score (nSPS) is 21.2. The zero-order chi connectivity index (χ0) is 13.0. The Morgan fingerprint density at radius 3 is 2.94 bits per heavy atom. The second-order valence-corrected chi connectivity index (χ2v) is 5.27. The average Bonchev–Trinajstić information content (AvgIpc) is 2.35. The molecule has 1 aromatic rings. The van der Waals surface area contributed by atoms with Crippen LogP contribution < -0.4 is 5.73 Å². The molecule has 0 saturated carbocycles. The Bertz CT molecular complexity index is 390. The molecule has 1 fully saturated rings. The van der Waals surface area contributed by atoms with Gasteiger partial charge in [0.25, 0.3) is 0 Å². The van der Waals surface area contributed by atoms with E-state index in [-0.39, 0.29) is 5.82 Å². The van der Waals surface area contributed by atoms with Crippen LogP contribution in [0.25, 0.3) is 0 Å². The second kappa shape index (κ2) is 6.30. The van der Waals surface area contributed by atoms with Gasteiger partial charge in [0, 0.05) is 12.6 Å². The van der Waals surface area contributed by atoms with Gasteiger partial charge >= 0.3 is 0 Å². The van der Waals surface area contributed by atoms with Crippen molar-refractivity contribution in [3.63, 3.8) is 0 Å². The number of nitrogens with zero attached hydrogens (tertiary/aromatic N) is 1. The monoisotopic (exact) mass is 250 g/mol. The third-order valence-corrected chi connectivity index (χ3v) is 3.93. The summed E-state index contributed by atoms with van der Waals surface area (Å²) in [7, 11) is 0. The predicted octanol–water partition coefficient (Wildman–Crippen LogP) is 2.84. The molecule has 100 valence electrons. The first-order chi connectivity index (χ1) is 8.70. The standard InChI is InChI=1S/C15H23FN2/c1-12-10-14(16)6-5-13(12)11-18-9-3-2-4-15(18)7-8-17/h5-6,10,15H,2-4,7-9,11,17H2,1H3. The first-order valence-corrected chi connectivity index (χ1v) is 6.90. The van der Waals surface area contributed by atoms with Crippen LogP contribution in [0, 0.1) is 12.7 Å². The summed E-state index contributed by atoms with van der Waals surface area (Å²) in [6.07, 6.45) is 4.89. The van der Waals surface area contributed by atoms with E-state index in [4.69, 9.17) is 5.73 Å². The Morgan fingerprint density at radius 2 is 2.22 bits per heavy atom. The van der Waals surface area contributed by atoms with E-state index >= 15 is 0 Å². The van der Waals surface area contributed by atoms with E-state index in [0.717, 1.165) is 31.6 Å². The maximum absolute atomic E-state index is 13.1. The van der Waals surface area contributed by atoms with Crippen LogP contribution in [0.4, 0.5) is 4.39 Å². The zero-order valence-corrected chi connectivity index (χ0v) is 11.2. The molecule has 1 aliphatic rings. The minimum absolute atomic E-state index is 0.145. The molecule has 3 heteroatoms. The van der Waals surface area contributed by atoms with E-state index in [1.165, 1.54) is 24.8 Å². The van der Waals surface area contributed by atoms with Crippen molar-refractivity contribution in [3.8, 4) is 0 Å². The molecule has 1 saturated heterocycles. The molecule has 1 unspecified atom stereocenters. The Balaban J connectivity index is 2.06.